The Labute approximate surface area is 206 Å². The Kier molecular flexibility index (Phi) is 10.2. The van der Waals surface area contributed by atoms with E-state index in [1.165, 1.54) is 11.3 Å². The number of aryl methyl sites for hydroxylation is 1. The van der Waals surface area contributed by atoms with E-state index in [-0.39, 0.29) is 23.2 Å². The van der Waals surface area contributed by atoms with Gasteiger partial charge in [-0.1, -0.05) is 50.5 Å². The van der Waals surface area contributed by atoms with Gasteiger partial charge in [0.15, 0.2) is 0 Å². The van der Waals surface area contributed by atoms with Gasteiger partial charge in [0.25, 0.3) is 0 Å². The molecule has 1 aliphatic carbocycles. The van der Waals surface area contributed by atoms with Gasteiger partial charge in [-0.25, -0.2) is 9.78 Å². The minimum atomic E-state index is -0.465. The van der Waals surface area contributed by atoms with E-state index in [0.29, 0.717) is 17.9 Å². The number of aromatic nitrogens is 1. The number of carbonyl (C=O) groups excluding carboxylic acids is 1. The summed E-state index contributed by atoms with van der Waals surface area (Å²) in [4.78, 5) is 16.7. The van der Waals surface area contributed by atoms with Gasteiger partial charge >= 0.3 is 5.97 Å². The van der Waals surface area contributed by atoms with Crippen LogP contribution >= 0.6 is 22.9 Å². The molecule has 0 bridgehead atoms. The van der Waals surface area contributed by atoms with Gasteiger partial charge in [0, 0.05) is 11.3 Å². The first kappa shape index (κ1) is 26.1. The molecule has 0 aliphatic heterocycles. The van der Waals surface area contributed by atoms with E-state index in [0.717, 1.165) is 61.1 Å². The average molecular weight is 494 g/mol. The zero-order valence-corrected chi connectivity index (χ0v) is 21.2. The smallest absolute Gasteiger partial charge is 0.349 e. The molecule has 2 N–H and O–H groups in total. The molecule has 1 saturated carbocycles. The van der Waals surface area contributed by atoms with Crippen molar-refractivity contribution in [1.82, 2.24) is 4.98 Å². The maximum atomic E-state index is 11.8. The van der Waals surface area contributed by atoms with Crippen LogP contribution in [0.25, 0.3) is 0 Å². The third-order valence-electron chi connectivity index (χ3n) is 6.55. The second-order valence-corrected chi connectivity index (χ2v) is 10.6. The molecule has 1 aromatic heterocycles. The molecule has 1 fully saturated rings. The highest BCUT2D eigenvalue weighted by Crippen LogP contribution is 2.45. The summed E-state index contributed by atoms with van der Waals surface area (Å²) >= 11 is 8.04. The fourth-order valence-electron chi connectivity index (χ4n) is 4.80. The van der Waals surface area contributed by atoms with Crippen LogP contribution in [0.4, 0.5) is 0 Å². The van der Waals surface area contributed by atoms with Crippen molar-refractivity contribution < 1.29 is 19.7 Å². The lowest BCUT2D eigenvalue weighted by Gasteiger charge is -2.24. The molecular formula is C26H36ClNO4S. The molecule has 1 aromatic carbocycles. The number of benzene rings is 1. The van der Waals surface area contributed by atoms with Gasteiger partial charge in [-0.2, -0.15) is 0 Å². The normalized spacial score (nSPS) is 23.5. The number of hydrogen-bond acceptors (Lipinski definition) is 6. The van der Waals surface area contributed by atoms with Crippen molar-refractivity contribution in [3.63, 3.8) is 0 Å². The Hall–Kier alpha value is -1.47. The van der Waals surface area contributed by atoms with E-state index in [1.807, 2.05) is 24.3 Å². The number of aliphatic hydroxyl groups is 2. The van der Waals surface area contributed by atoms with Crippen LogP contribution in [0.3, 0.4) is 0 Å². The molecule has 0 spiro atoms. The van der Waals surface area contributed by atoms with E-state index in [1.54, 1.807) is 13.1 Å². The van der Waals surface area contributed by atoms with Crippen LogP contribution in [-0.2, 0) is 11.2 Å². The number of aliphatic hydroxyl groups excluding tert-OH is 2. The first-order valence-electron chi connectivity index (χ1n) is 12.2. The molecule has 1 aliphatic rings. The Bertz CT molecular complexity index is 871. The standard InChI is InChI=1S/C26H36ClNO4S/c1-3-5-6-9-21(29)17-11-13-18(14-12-17)25-19(20(27)15-22(25)30)8-7-10-24-28-16-23(33-24)26(31)32-4-2/h11-14,16,19-22,25,29-30H,3-10,15H2,1-2H3/t19?,20-,21?,22-,25-/m1/s1. The lowest BCUT2D eigenvalue weighted by molar-refractivity contribution is 0.0531. The SMILES string of the molecule is CCCCCC(O)c1ccc([C@@H]2C(CCCc3ncc(C(=O)OCC)s3)[C@H](Cl)C[C@H]2O)cc1. The zero-order valence-electron chi connectivity index (χ0n) is 19.6. The van der Waals surface area contributed by atoms with Crippen molar-refractivity contribution in [2.24, 2.45) is 5.92 Å². The highest BCUT2D eigenvalue weighted by molar-refractivity contribution is 7.13. The van der Waals surface area contributed by atoms with Crippen LogP contribution < -0.4 is 0 Å². The van der Waals surface area contributed by atoms with Crippen molar-refractivity contribution >= 4 is 28.9 Å². The molecule has 1 heterocycles. The monoisotopic (exact) mass is 493 g/mol. The summed E-state index contributed by atoms with van der Waals surface area (Å²) < 4.78 is 5.03. The number of halogens is 1. The van der Waals surface area contributed by atoms with Gasteiger partial charge in [-0.3, -0.25) is 0 Å². The van der Waals surface area contributed by atoms with E-state index >= 15 is 0 Å². The molecule has 182 valence electrons. The summed E-state index contributed by atoms with van der Waals surface area (Å²) in [6.45, 7) is 4.30. The quantitative estimate of drug-likeness (QED) is 0.214. The maximum Gasteiger partial charge on any atom is 0.349 e. The molecule has 5 nitrogen and oxygen atoms in total. The number of esters is 1. The number of alkyl halides is 1. The first-order chi connectivity index (χ1) is 15.9. The molecule has 7 heteroatoms. The zero-order chi connectivity index (χ0) is 23.8. The van der Waals surface area contributed by atoms with Crippen LogP contribution in [0.2, 0.25) is 0 Å². The molecule has 33 heavy (non-hydrogen) atoms. The third-order valence-corrected chi connectivity index (χ3v) is 8.09. The second kappa shape index (κ2) is 12.8. The van der Waals surface area contributed by atoms with Gasteiger partial charge in [0.2, 0.25) is 0 Å². The highest BCUT2D eigenvalue weighted by atomic mass is 35.5. The number of unbranched alkanes of at least 4 members (excludes halogenated alkanes) is 2. The molecule has 0 amide bonds. The minimum Gasteiger partial charge on any atom is -0.462 e. The van der Waals surface area contributed by atoms with Crippen LogP contribution in [0.15, 0.2) is 30.5 Å². The van der Waals surface area contributed by atoms with Crippen LogP contribution in [0.1, 0.15) is 96.6 Å². The van der Waals surface area contributed by atoms with Gasteiger partial charge in [-0.05, 0) is 56.1 Å². The minimum absolute atomic E-state index is 0.00910. The van der Waals surface area contributed by atoms with Crippen LogP contribution in [0.5, 0.6) is 0 Å². The number of carbonyl (C=O) groups is 1. The number of ether oxygens (including phenoxy) is 1. The Morgan fingerprint density at radius 3 is 2.70 bits per heavy atom. The van der Waals surface area contributed by atoms with Crippen molar-refractivity contribution in [1.29, 1.82) is 0 Å². The van der Waals surface area contributed by atoms with Crippen molar-refractivity contribution in [3.8, 4) is 0 Å². The van der Waals surface area contributed by atoms with Gasteiger partial charge < -0.3 is 14.9 Å². The number of nitrogens with zero attached hydrogens (tertiary/aromatic N) is 1. The Morgan fingerprint density at radius 2 is 2.00 bits per heavy atom. The molecule has 0 saturated heterocycles. The summed E-state index contributed by atoms with van der Waals surface area (Å²) in [6, 6.07) is 8.06. The van der Waals surface area contributed by atoms with Gasteiger partial charge in [-0.15, -0.1) is 22.9 Å². The molecule has 5 atom stereocenters. The highest BCUT2D eigenvalue weighted by Gasteiger charge is 2.42. The van der Waals surface area contributed by atoms with E-state index in [2.05, 4.69) is 11.9 Å². The van der Waals surface area contributed by atoms with Crippen LogP contribution in [0, 0.1) is 5.92 Å². The number of thiazole rings is 1. The Morgan fingerprint density at radius 1 is 1.24 bits per heavy atom. The van der Waals surface area contributed by atoms with E-state index in [9.17, 15) is 15.0 Å². The molecular weight excluding hydrogens is 458 g/mol. The average Bonchev–Trinajstić information content (AvgIpc) is 3.38. The largest absolute Gasteiger partial charge is 0.462 e. The predicted molar refractivity (Wildman–Crippen MR) is 133 cm³/mol. The fourth-order valence-corrected chi connectivity index (χ4v) is 6.12. The molecule has 2 aromatic rings. The summed E-state index contributed by atoms with van der Waals surface area (Å²) in [5.74, 6) is -0.156. The van der Waals surface area contributed by atoms with Gasteiger partial charge in [0.05, 0.1) is 30.0 Å². The summed E-state index contributed by atoms with van der Waals surface area (Å²) in [6.07, 6.45) is 7.89. The lowest BCUT2D eigenvalue weighted by atomic mass is 9.84. The lowest BCUT2D eigenvalue weighted by Crippen LogP contribution is -2.19. The fraction of sp³-hybridized carbons (Fsp3) is 0.615. The molecule has 3 rings (SSSR count). The summed E-state index contributed by atoms with van der Waals surface area (Å²) in [7, 11) is 0. The summed E-state index contributed by atoms with van der Waals surface area (Å²) in [5.41, 5.74) is 2.02. The molecule has 0 radical (unpaired) electrons. The first-order valence-corrected chi connectivity index (χ1v) is 13.4. The van der Waals surface area contributed by atoms with Crippen LogP contribution in [-0.4, -0.2) is 39.3 Å². The van der Waals surface area contributed by atoms with Crippen molar-refractivity contribution in [2.75, 3.05) is 6.61 Å². The van der Waals surface area contributed by atoms with Crippen molar-refractivity contribution in [3.05, 3.63) is 51.5 Å². The maximum absolute atomic E-state index is 11.8. The van der Waals surface area contributed by atoms with E-state index in [4.69, 9.17) is 16.3 Å². The van der Waals surface area contributed by atoms with Gasteiger partial charge in [0.1, 0.15) is 4.88 Å². The van der Waals surface area contributed by atoms with E-state index < -0.39 is 12.2 Å². The third kappa shape index (κ3) is 7.01. The predicted octanol–water partition coefficient (Wildman–Crippen LogP) is 6.03. The molecule has 2 unspecified atom stereocenters. The number of rotatable bonds is 12. The topological polar surface area (TPSA) is 79.7 Å². The van der Waals surface area contributed by atoms with Crippen molar-refractivity contribution in [2.45, 2.75) is 88.7 Å². The Balaban J connectivity index is 1.58. The second-order valence-electron chi connectivity index (χ2n) is 8.92. The number of hydrogen-bond donors (Lipinski definition) is 2. The summed E-state index contributed by atoms with van der Waals surface area (Å²) in [5, 5.41) is 22.0.